The van der Waals surface area contributed by atoms with Gasteiger partial charge in [-0.2, -0.15) is 0 Å². The van der Waals surface area contributed by atoms with Gasteiger partial charge in [-0.25, -0.2) is 4.39 Å². The van der Waals surface area contributed by atoms with Crippen LogP contribution in [0, 0.1) is 5.92 Å². The molecule has 1 fully saturated rings. The van der Waals surface area contributed by atoms with E-state index in [1.54, 1.807) is 0 Å². The average molecular weight is 511 g/mol. The lowest BCUT2D eigenvalue weighted by Gasteiger charge is -2.11. The molecule has 0 N–H and O–H groups in total. The van der Waals surface area contributed by atoms with E-state index in [4.69, 9.17) is 9.47 Å². The number of halogens is 1. The fourth-order valence-electron chi connectivity index (χ4n) is 5.12. The molecule has 0 aromatic heterocycles. The molecule has 4 heteroatoms. The van der Waals surface area contributed by atoms with Crippen LogP contribution in [0.25, 0.3) is 11.1 Å². The van der Waals surface area contributed by atoms with E-state index in [2.05, 4.69) is 50.2 Å². The van der Waals surface area contributed by atoms with Gasteiger partial charge in [0.05, 0.1) is 12.5 Å². The number of hydrogen-bond donors (Lipinski definition) is 0. The van der Waals surface area contributed by atoms with E-state index in [0.29, 0.717) is 19.4 Å². The number of unbranched alkanes of at least 4 members (excludes halogenated alkanes) is 6. The Balaban J connectivity index is 1.37. The number of carbonyl (C=O) groups is 1. The minimum Gasteiger partial charge on any atom is -0.493 e. The minimum atomic E-state index is -0.772. The van der Waals surface area contributed by atoms with Crippen LogP contribution >= 0.6 is 0 Å². The van der Waals surface area contributed by atoms with Gasteiger partial charge in [0.15, 0.2) is 0 Å². The number of aryl methyl sites for hydroxylation is 1. The van der Waals surface area contributed by atoms with Crippen molar-refractivity contribution in [2.24, 2.45) is 5.92 Å². The highest BCUT2D eigenvalue weighted by molar-refractivity contribution is 5.74. The lowest BCUT2D eigenvalue weighted by Crippen LogP contribution is -2.08. The van der Waals surface area contributed by atoms with Crippen molar-refractivity contribution in [1.29, 1.82) is 0 Å². The first-order valence-corrected chi connectivity index (χ1v) is 14.8. The summed E-state index contributed by atoms with van der Waals surface area (Å²) in [6, 6.07) is 16.6. The van der Waals surface area contributed by atoms with Crippen molar-refractivity contribution in [3.05, 3.63) is 54.1 Å². The molecule has 0 spiro atoms. The van der Waals surface area contributed by atoms with E-state index >= 15 is 0 Å². The maximum Gasteiger partial charge on any atom is 0.309 e. The van der Waals surface area contributed by atoms with Crippen LogP contribution in [-0.4, -0.2) is 24.9 Å². The van der Waals surface area contributed by atoms with Crippen LogP contribution in [0.2, 0.25) is 0 Å². The zero-order valence-corrected chi connectivity index (χ0v) is 23.1. The molecular weight excluding hydrogens is 463 g/mol. The number of carbonyl (C=O) groups excluding carboxylic acids is 1. The van der Waals surface area contributed by atoms with E-state index in [0.717, 1.165) is 61.8 Å². The van der Waals surface area contributed by atoms with Gasteiger partial charge in [0.2, 0.25) is 0 Å². The minimum absolute atomic E-state index is 0.00608. The maximum absolute atomic E-state index is 14.0. The highest BCUT2D eigenvalue weighted by Crippen LogP contribution is 2.29. The van der Waals surface area contributed by atoms with E-state index in [1.807, 2.05) is 12.1 Å². The molecule has 1 saturated heterocycles. The SMILES string of the molecule is CCCCCCC(F)CCOc1ccc(-c2ccc(CCC3CC(CCCCCC)OC3=O)cc2)cc1. The van der Waals surface area contributed by atoms with Crippen LogP contribution in [-0.2, 0) is 16.0 Å². The van der Waals surface area contributed by atoms with Gasteiger partial charge < -0.3 is 9.47 Å². The topological polar surface area (TPSA) is 35.5 Å². The van der Waals surface area contributed by atoms with Gasteiger partial charge in [-0.15, -0.1) is 0 Å². The Labute approximate surface area is 224 Å². The Bertz CT molecular complexity index is 893. The first-order valence-electron chi connectivity index (χ1n) is 14.8. The lowest BCUT2D eigenvalue weighted by molar-refractivity contribution is -0.144. The molecule has 1 aliphatic rings. The quantitative estimate of drug-likeness (QED) is 0.148. The van der Waals surface area contributed by atoms with Crippen LogP contribution in [0.15, 0.2) is 48.5 Å². The normalized spacial score (nSPS) is 18.1. The molecule has 1 heterocycles. The second-order valence-corrected chi connectivity index (χ2v) is 10.7. The monoisotopic (exact) mass is 510 g/mol. The molecule has 37 heavy (non-hydrogen) atoms. The first-order chi connectivity index (χ1) is 18.1. The Morgan fingerprint density at radius 2 is 1.49 bits per heavy atom. The van der Waals surface area contributed by atoms with Crippen LogP contribution in [0.3, 0.4) is 0 Å². The summed E-state index contributed by atoms with van der Waals surface area (Å²) in [4.78, 5) is 12.3. The molecule has 0 aliphatic carbocycles. The number of hydrogen-bond acceptors (Lipinski definition) is 3. The van der Waals surface area contributed by atoms with Crippen molar-refractivity contribution >= 4 is 5.97 Å². The Morgan fingerprint density at radius 1 is 0.838 bits per heavy atom. The van der Waals surface area contributed by atoms with Crippen molar-refractivity contribution in [2.45, 2.75) is 116 Å². The molecule has 3 atom stereocenters. The predicted octanol–water partition coefficient (Wildman–Crippen LogP) is 9.27. The highest BCUT2D eigenvalue weighted by atomic mass is 19.1. The summed E-state index contributed by atoms with van der Waals surface area (Å²) in [5, 5.41) is 0. The Morgan fingerprint density at radius 3 is 2.16 bits per heavy atom. The lowest BCUT2D eigenvalue weighted by atomic mass is 9.94. The summed E-state index contributed by atoms with van der Waals surface area (Å²) in [7, 11) is 0. The summed E-state index contributed by atoms with van der Waals surface area (Å²) in [5.74, 6) is 0.816. The van der Waals surface area contributed by atoms with Crippen LogP contribution in [0.5, 0.6) is 5.75 Å². The smallest absolute Gasteiger partial charge is 0.309 e. The molecule has 2 aromatic carbocycles. The molecule has 204 valence electrons. The van der Waals surface area contributed by atoms with Crippen molar-refractivity contribution in [1.82, 2.24) is 0 Å². The van der Waals surface area contributed by atoms with Gasteiger partial charge >= 0.3 is 5.97 Å². The highest BCUT2D eigenvalue weighted by Gasteiger charge is 2.33. The second kappa shape index (κ2) is 16.5. The number of ether oxygens (including phenoxy) is 2. The number of esters is 1. The summed E-state index contributed by atoms with van der Waals surface area (Å²) in [5.41, 5.74) is 3.53. The van der Waals surface area contributed by atoms with Crippen molar-refractivity contribution in [3.63, 3.8) is 0 Å². The molecule has 3 rings (SSSR count). The second-order valence-electron chi connectivity index (χ2n) is 10.7. The third kappa shape index (κ3) is 10.5. The molecule has 0 bridgehead atoms. The van der Waals surface area contributed by atoms with E-state index < -0.39 is 6.17 Å². The van der Waals surface area contributed by atoms with Gasteiger partial charge in [-0.05, 0) is 67.3 Å². The fourth-order valence-corrected chi connectivity index (χ4v) is 5.12. The zero-order chi connectivity index (χ0) is 26.3. The molecule has 0 saturated carbocycles. The fraction of sp³-hybridized carbons (Fsp3) is 0.606. The van der Waals surface area contributed by atoms with Gasteiger partial charge in [0.1, 0.15) is 18.0 Å². The number of cyclic esters (lactones) is 1. The van der Waals surface area contributed by atoms with Crippen LogP contribution in [0.1, 0.15) is 103 Å². The summed E-state index contributed by atoms with van der Waals surface area (Å²) >= 11 is 0. The Hall–Kier alpha value is -2.36. The van der Waals surface area contributed by atoms with Crippen molar-refractivity contribution < 1.29 is 18.7 Å². The first kappa shape index (κ1) is 29.2. The molecule has 0 amide bonds. The molecule has 3 nitrogen and oxygen atoms in total. The molecule has 3 unspecified atom stereocenters. The zero-order valence-electron chi connectivity index (χ0n) is 23.1. The summed E-state index contributed by atoms with van der Waals surface area (Å²) < 4.78 is 25.4. The van der Waals surface area contributed by atoms with Crippen molar-refractivity contribution in [3.8, 4) is 16.9 Å². The maximum atomic E-state index is 14.0. The third-order valence-corrected chi connectivity index (χ3v) is 7.54. The number of alkyl halides is 1. The van der Waals surface area contributed by atoms with E-state index in [-0.39, 0.29) is 18.0 Å². The molecule has 1 aliphatic heterocycles. The Kier molecular flexibility index (Phi) is 13.0. The third-order valence-electron chi connectivity index (χ3n) is 7.54. The van der Waals surface area contributed by atoms with Gasteiger partial charge in [-0.1, -0.05) is 95.2 Å². The molecule has 0 radical (unpaired) electrons. The average Bonchev–Trinajstić information content (AvgIpc) is 3.27. The van der Waals surface area contributed by atoms with Crippen LogP contribution in [0.4, 0.5) is 4.39 Å². The van der Waals surface area contributed by atoms with E-state index in [9.17, 15) is 9.18 Å². The summed E-state index contributed by atoms with van der Waals surface area (Å²) in [6.07, 6.45) is 13.4. The van der Waals surface area contributed by atoms with Gasteiger partial charge in [0, 0.05) is 6.42 Å². The summed E-state index contributed by atoms with van der Waals surface area (Å²) in [6.45, 7) is 4.80. The molecular formula is C33H47FO3. The number of rotatable bonds is 18. The molecule has 2 aromatic rings. The number of benzene rings is 2. The standard InChI is InChI=1S/C33H47FO3/c1-3-5-7-9-11-30(34)23-24-36-31-21-19-28(20-22-31)27-16-13-26(14-17-27)15-18-29-25-32(37-33(29)35)12-10-8-6-4-2/h13-14,16-17,19-22,29-30,32H,3-12,15,18,23-25H2,1-2H3. The predicted molar refractivity (Wildman–Crippen MR) is 151 cm³/mol. The van der Waals surface area contributed by atoms with Gasteiger partial charge in [0.25, 0.3) is 0 Å². The van der Waals surface area contributed by atoms with Gasteiger partial charge in [-0.3, -0.25) is 4.79 Å². The van der Waals surface area contributed by atoms with Crippen molar-refractivity contribution in [2.75, 3.05) is 6.61 Å². The van der Waals surface area contributed by atoms with E-state index in [1.165, 1.54) is 37.7 Å². The largest absolute Gasteiger partial charge is 0.493 e. The van der Waals surface area contributed by atoms with Crippen LogP contribution < -0.4 is 4.74 Å².